The number of aromatic amines is 1. The van der Waals surface area contributed by atoms with Gasteiger partial charge in [-0.15, -0.1) is 0 Å². The molecule has 5 heteroatoms. The van der Waals surface area contributed by atoms with Gasteiger partial charge < -0.3 is 14.4 Å². The molecule has 2 atom stereocenters. The van der Waals surface area contributed by atoms with Crippen molar-refractivity contribution in [1.29, 1.82) is 0 Å². The van der Waals surface area contributed by atoms with Crippen LogP contribution in [0.25, 0.3) is 0 Å². The Labute approximate surface area is 120 Å². The van der Waals surface area contributed by atoms with Gasteiger partial charge in [0.05, 0.1) is 19.3 Å². The van der Waals surface area contributed by atoms with Crippen molar-refractivity contribution < 1.29 is 9.47 Å². The lowest BCUT2D eigenvalue weighted by Crippen LogP contribution is -2.37. The Morgan fingerprint density at radius 1 is 1.40 bits per heavy atom. The number of hydrogen-bond donors (Lipinski definition) is 1. The van der Waals surface area contributed by atoms with E-state index in [-0.39, 0.29) is 0 Å². The maximum Gasteiger partial charge on any atom is 0.0809 e. The fourth-order valence-corrected chi connectivity index (χ4v) is 3.19. The predicted molar refractivity (Wildman–Crippen MR) is 76.8 cm³/mol. The summed E-state index contributed by atoms with van der Waals surface area (Å²) in [6, 6.07) is 2.10. The van der Waals surface area contributed by atoms with Gasteiger partial charge in [-0.25, -0.2) is 0 Å². The van der Waals surface area contributed by atoms with Crippen LogP contribution < -0.4 is 0 Å². The number of H-pyrrole nitrogens is 1. The minimum Gasteiger partial charge on any atom is -0.377 e. The van der Waals surface area contributed by atoms with E-state index < -0.39 is 0 Å². The van der Waals surface area contributed by atoms with Crippen LogP contribution in [0.3, 0.4) is 0 Å². The van der Waals surface area contributed by atoms with Crippen LogP contribution in [0.1, 0.15) is 37.3 Å². The van der Waals surface area contributed by atoms with Gasteiger partial charge in [-0.1, -0.05) is 0 Å². The zero-order valence-corrected chi connectivity index (χ0v) is 12.1. The van der Waals surface area contributed by atoms with Crippen LogP contribution >= 0.6 is 0 Å². The minimum atomic E-state index is 0.342. The molecule has 0 aliphatic carbocycles. The molecule has 2 unspecified atom stereocenters. The number of hydrogen-bond acceptors (Lipinski definition) is 4. The van der Waals surface area contributed by atoms with Gasteiger partial charge in [0.1, 0.15) is 0 Å². The van der Waals surface area contributed by atoms with E-state index in [0.717, 1.165) is 39.3 Å². The minimum absolute atomic E-state index is 0.342. The Morgan fingerprint density at radius 2 is 2.40 bits per heavy atom. The van der Waals surface area contributed by atoms with Crippen molar-refractivity contribution in [3.05, 3.63) is 18.0 Å². The molecule has 0 amide bonds. The average Bonchev–Trinajstić information content (AvgIpc) is 3.17. The number of nitrogens with zero attached hydrogens (tertiary/aromatic N) is 2. The molecule has 0 spiro atoms. The van der Waals surface area contributed by atoms with Crippen molar-refractivity contribution in [3.63, 3.8) is 0 Å². The van der Waals surface area contributed by atoms with Gasteiger partial charge in [0.2, 0.25) is 0 Å². The number of nitrogens with one attached hydrogen (secondary N) is 1. The van der Waals surface area contributed by atoms with Crippen LogP contribution in [0.4, 0.5) is 0 Å². The van der Waals surface area contributed by atoms with Gasteiger partial charge in [0.15, 0.2) is 0 Å². The maximum absolute atomic E-state index is 5.76. The Bertz CT molecular complexity index is 376. The Balaban J connectivity index is 1.35. The average molecular weight is 279 g/mol. The number of likely N-dealkylation sites (tertiary alicyclic amines) is 1. The number of aromatic nitrogens is 2. The molecule has 2 aliphatic rings. The summed E-state index contributed by atoms with van der Waals surface area (Å²) in [5.41, 5.74) is 1.27. The highest BCUT2D eigenvalue weighted by atomic mass is 16.5. The first kappa shape index (κ1) is 14.0. The highest BCUT2D eigenvalue weighted by molar-refractivity contribution is 5.07. The van der Waals surface area contributed by atoms with Crippen molar-refractivity contribution in [3.8, 4) is 0 Å². The number of rotatable bonds is 6. The zero-order valence-electron chi connectivity index (χ0n) is 12.1. The highest BCUT2D eigenvalue weighted by Gasteiger charge is 2.22. The van der Waals surface area contributed by atoms with Gasteiger partial charge in [-0.2, -0.15) is 5.10 Å². The van der Waals surface area contributed by atoms with E-state index in [1.807, 2.05) is 6.20 Å². The van der Waals surface area contributed by atoms with Crippen LogP contribution in [0.5, 0.6) is 0 Å². The second-order valence-corrected chi connectivity index (χ2v) is 5.86. The third-order valence-electron chi connectivity index (χ3n) is 4.35. The molecule has 5 nitrogen and oxygen atoms in total. The van der Waals surface area contributed by atoms with Crippen molar-refractivity contribution in [2.75, 3.05) is 39.5 Å². The second-order valence-electron chi connectivity index (χ2n) is 5.86. The van der Waals surface area contributed by atoms with E-state index in [0.29, 0.717) is 12.0 Å². The first-order valence-corrected chi connectivity index (χ1v) is 7.83. The van der Waals surface area contributed by atoms with Crippen LogP contribution in [0, 0.1) is 0 Å². The van der Waals surface area contributed by atoms with Crippen molar-refractivity contribution in [1.82, 2.24) is 15.1 Å². The largest absolute Gasteiger partial charge is 0.377 e. The molecule has 3 heterocycles. The molecule has 2 fully saturated rings. The Kier molecular flexibility index (Phi) is 5.06. The summed E-state index contributed by atoms with van der Waals surface area (Å²) in [5.74, 6) is 0.601. The van der Waals surface area contributed by atoms with Crippen LogP contribution in [0.15, 0.2) is 12.3 Å². The molecule has 1 aromatic rings. The maximum atomic E-state index is 5.76. The third-order valence-corrected chi connectivity index (χ3v) is 4.35. The zero-order chi connectivity index (χ0) is 13.6. The fraction of sp³-hybridized carbons (Fsp3) is 0.800. The molecule has 1 aromatic heterocycles. The van der Waals surface area contributed by atoms with Crippen molar-refractivity contribution in [2.24, 2.45) is 0 Å². The van der Waals surface area contributed by atoms with E-state index in [9.17, 15) is 0 Å². The molecule has 0 saturated carbocycles. The fourth-order valence-electron chi connectivity index (χ4n) is 3.19. The van der Waals surface area contributed by atoms with Crippen molar-refractivity contribution >= 4 is 0 Å². The molecule has 2 saturated heterocycles. The second kappa shape index (κ2) is 7.20. The topological polar surface area (TPSA) is 50.4 Å². The van der Waals surface area contributed by atoms with E-state index in [2.05, 4.69) is 21.2 Å². The molecule has 1 N–H and O–H groups in total. The van der Waals surface area contributed by atoms with Gasteiger partial charge in [-0.3, -0.25) is 5.10 Å². The molecule has 2 aliphatic heterocycles. The summed E-state index contributed by atoms with van der Waals surface area (Å²) >= 11 is 0. The monoisotopic (exact) mass is 279 g/mol. The van der Waals surface area contributed by atoms with Gasteiger partial charge in [0, 0.05) is 37.5 Å². The van der Waals surface area contributed by atoms with E-state index >= 15 is 0 Å². The van der Waals surface area contributed by atoms with Crippen LogP contribution in [-0.4, -0.2) is 60.7 Å². The summed E-state index contributed by atoms with van der Waals surface area (Å²) in [6.45, 7) is 5.82. The van der Waals surface area contributed by atoms with E-state index in [1.165, 1.54) is 31.5 Å². The molecule has 0 radical (unpaired) electrons. The van der Waals surface area contributed by atoms with Gasteiger partial charge in [0.25, 0.3) is 0 Å². The van der Waals surface area contributed by atoms with Crippen molar-refractivity contribution in [2.45, 2.75) is 37.7 Å². The summed E-state index contributed by atoms with van der Waals surface area (Å²) in [7, 11) is 0. The third kappa shape index (κ3) is 3.81. The lowest BCUT2D eigenvalue weighted by molar-refractivity contribution is 0.00849. The summed E-state index contributed by atoms with van der Waals surface area (Å²) in [6.07, 6.45) is 7.05. The quantitative estimate of drug-likeness (QED) is 0.807. The standard InChI is InChI=1S/C15H25N3O2/c1-3-13(15-5-6-16-17-15)11-18(7-1)8-10-19-12-14-4-2-9-20-14/h5-6,13-14H,1-4,7-12H2,(H,16,17). The predicted octanol–water partition coefficient (Wildman–Crippen LogP) is 1.78. The van der Waals surface area contributed by atoms with Crippen LogP contribution in [-0.2, 0) is 9.47 Å². The molecule has 3 rings (SSSR count). The first-order valence-electron chi connectivity index (χ1n) is 7.83. The SMILES string of the molecule is c1cc(C2CCCN(CCOCC3CCCO3)C2)[nH]n1. The molecule has 0 bridgehead atoms. The highest BCUT2D eigenvalue weighted by Crippen LogP contribution is 2.24. The summed E-state index contributed by atoms with van der Waals surface area (Å²) in [4.78, 5) is 2.50. The number of ether oxygens (including phenoxy) is 2. The van der Waals surface area contributed by atoms with Crippen LogP contribution in [0.2, 0.25) is 0 Å². The summed E-state index contributed by atoms with van der Waals surface area (Å²) in [5, 5.41) is 7.17. The molecular weight excluding hydrogens is 254 g/mol. The van der Waals surface area contributed by atoms with Gasteiger partial charge in [-0.05, 0) is 38.3 Å². The normalized spacial score (nSPS) is 28.0. The van der Waals surface area contributed by atoms with E-state index in [1.54, 1.807) is 0 Å². The summed E-state index contributed by atoms with van der Waals surface area (Å²) < 4.78 is 11.3. The Hall–Kier alpha value is -0.910. The lowest BCUT2D eigenvalue weighted by Gasteiger charge is -2.32. The Morgan fingerprint density at radius 3 is 3.20 bits per heavy atom. The number of piperidine rings is 1. The van der Waals surface area contributed by atoms with Gasteiger partial charge >= 0.3 is 0 Å². The molecular formula is C15H25N3O2. The molecule has 20 heavy (non-hydrogen) atoms. The first-order chi connectivity index (χ1) is 9.92. The lowest BCUT2D eigenvalue weighted by atomic mass is 9.95. The molecule has 112 valence electrons. The molecule has 0 aromatic carbocycles. The smallest absolute Gasteiger partial charge is 0.0809 e. The van der Waals surface area contributed by atoms with E-state index in [4.69, 9.17) is 9.47 Å².